The molecule has 6 nitrogen and oxygen atoms in total. The number of amides is 2. The van der Waals surface area contributed by atoms with Gasteiger partial charge in [-0.3, -0.25) is 14.3 Å². The molecule has 1 aromatic carbocycles. The van der Waals surface area contributed by atoms with Crippen molar-refractivity contribution < 1.29 is 9.59 Å². The summed E-state index contributed by atoms with van der Waals surface area (Å²) in [5.74, 6) is -0.932. The van der Waals surface area contributed by atoms with Gasteiger partial charge in [0.25, 0.3) is 11.8 Å². The van der Waals surface area contributed by atoms with Crippen LogP contribution in [0, 0.1) is 13.8 Å². The van der Waals surface area contributed by atoms with Crippen molar-refractivity contribution in [3.63, 3.8) is 0 Å². The van der Waals surface area contributed by atoms with Crippen molar-refractivity contribution in [3.05, 3.63) is 46.8 Å². The van der Waals surface area contributed by atoms with Crippen molar-refractivity contribution in [1.82, 2.24) is 9.78 Å². The molecule has 1 heterocycles. The van der Waals surface area contributed by atoms with Gasteiger partial charge in [-0.1, -0.05) is 17.7 Å². The lowest BCUT2D eigenvalue weighted by Crippen LogP contribution is -2.20. The highest BCUT2D eigenvalue weighted by atomic mass is 16.2. The summed E-state index contributed by atoms with van der Waals surface area (Å²) in [6.07, 6.45) is 1.40. The Morgan fingerprint density at radius 2 is 2.00 bits per heavy atom. The number of aromatic nitrogens is 2. The number of nitrogens with one attached hydrogen (secondary N) is 1. The molecule has 20 heavy (non-hydrogen) atoms. The normalized spacial score (nSPS) is 10.3. The van der Waals surface area contributed by atoms with E-state index in [0.29, 0.717) is 11.3 Å². The van der Waals surface area contributed by atoms with Crippen LogP contribution in [0.5, 0.6) is 0 Å². The van der Waals surface area contributed by atoms with E-state index in [0.717, 1.165) is 11.1 Å². The van der Waals surface area contributed by atoms with Crippen LogP contribution < -0.4 is 11.1 Å². The van der Waals surface area contributed by atoms with Crippen LogP contribution in [0.2, 0.25) is 0 Å². The quantitative estimate of drug-likeness (QED) is 0.884. The van der Waals surface area contributed by atoms with E-state index in [4.69, 9.17) is 5.73 Å². The molecule has 2 aromatic rings. The number of rotatable bonds is 3. The fourth-order valence-electron chi connectivity index (χ4n) is 2.08. The summed E-state index contributed by atoms with van der Waals surface area (Å²) in [6.45, 7) is 3.82. The van der Waals surface area contributed by atoms with Crippen LogP contribution in [-0.2, 0) is 7.05 Å². The predicted molar refractivity (Wildman–Crippen MR) is 75.6 cm³/mol. The maximum Gasteiger partial charge on any atom is 0.269 e. The molecule has 3 N–H and O–H groups in total. The van der Waals surface area contributed by atoms with Gasteiger partial charge in [0.15, 0.2) is 0 Å². The first-order chi connectivity index (χ1) is 9.40. The molecule has 2 rings (SSSR count). The maximum absolute atomic E-state index is 12.2. The highest BCUT2D eigenvalue weighted by Gasteiger charge is 2.17. The first-order valence-corrected chi connectivity index (χ1v) is 6.10. The van der Waals surface area contributed by atoms with Gasteiger partial charge in [-0.15, -0.1) is 0 Å². The molecule has 0 unspecified atom stereocenters. The average molecular weight is 272 g/mol. The number of hydrogen-bond donors (Lipinski definition) is 2. The van der Waals surface area contributed by atoms with Gasteiger partial charge < -0.3 is 11.1 Å². The highest BCUT2D eigenvalue weighted by Crippen LogP contribution is 2.17. The third-order valence-electron chi connectivity index (χ3n) is 3.05. The number of carbonyl (C=O) groups excluding carboxylic acids is 2. The molecule has 0 atom stereocenters. The minimum Gasteiger partial charge on any atom is -0.364 e. The van der Waals surface area contributed by atoms with Crippen LogP contribution in [0.25, 0.3) is 0 Å². The second-order valence-electron chi connectivity index (χ2n) is 4.67. The number of anilines is 1. The molecule has 104 valence electrons. The van der Waals surface area contributed by atoms with Crippen molar-refractivity contribution in [2.24, 2.45) is 12.8 Å². The monoisotopic (exact) mass is 272 g/mol. The average Bonchev–Trinajstić information content (AvgIpc) is 2.70. The Labute approximate surface area is 116 Å². The van der Waals surface area contributed by atoms with Crippen molar-refractivity contribution in [2.45, 2.75) is 13.8 Å². The zero-order valence-corrected chi connectivity index (χ0v) is 11.6. The molecule has 1 aromatic heterocycles. The molecule has 0 radical (unpaired) electrons. The Hall–Kier alpha value is -2.63. The topological polar surface area (TPSA) is 90.0 Å². The summed E-state index contributed by atoms with van der Waals surface area (Å²) < 4.78 is 1.33. The van der Waals surface area contributed by atoms with Gasteiger partial charge in [-0.05, 0) is 25.5 Å². The third kappa shape index (κ3) is 2.54. The van der Waals surface area contributed by atoms with Gasteiger partial charge >= 0.3 is 0 Å². The molecule has 0 saturated heterocycles. The Balaban J connectivity index is 2.31. The number of nitrogens with two attached hydrogens (primary N) is 1. The van der Waals surface area contributed by atoms with E-state index in [1.807, 2.05) is 26.0 Å². The summed E-state index contributed by atoms with van der Waals surface area (Å²) in [6, 6.07) is 5.54. The Kier molecular flexibility index (Phi) is 3.56. The van der Waals surface area contributed by atoms with Crippen molar-refractivity contribution >= 4 is 17.5 Å². The lowest BCUT2D eigenvalue weighted by molar-refractivity contribution is 0.0992. The number of hydrogen-bond acceptors (Lipinski definition) is 3. The second-order valence-corrected chi connectivity index (χ2v) is 4.67. The Morgan fingerprint density at radius 3 is 2.60 bits per heavy atom. The largest absolute Gasteiger partial charge is 0.364 e. The summed E-state index contributed by atoms with van der Waals surface area (Å²) in [4.78, 5) is 23.6. The molecule has 6 heteroatoms. The summed E-state index contributed by atoms with van der Waals surface area (Å²) >= 11 is 0. The number of nitrogens with zero attached hydrogens (tertiary/aromatic N) is 2. The fourth-order valence-corrected chi connectivity index (χ4v) is 2.08. The minimum absolute atomic E-state index is 0.170. The van der Waals surface area contributed by atoms with E-state index in [2.05, 4.69) is 10.4 Å². The van der Waals surface area contributed by atoms with Crippen molar-refractivity contribution in [2.75, 3.05) is 5.32 Å². The summed E-state index contributed by atoms with van der Waals surface area (Å²) in [5.41, 5.74) is 8.25. The number of aryl methyl sites for hydroxylation is 3. The molecule has 0 saturated carbocycles. The minimum atomic E-state index is -0.638. The third-order valence-corrected chi connectivity index (χ3v) is 3.05. The molecule has 0 bridgehead atoms. The molecule has 0 spiro atoms. The molecular weight excluding hydrogens is 256 g/mol. The fraction of sp³-hybridized carbons (Fsp3) is 0.214. The Bertz CT molecular complexity index is 688. The number of primary amides is 1. The first-order valence-electron chi connectivity index (χ1n) is 6.10. The van der Waals surface area contributed by atoms with Crippen LogP contribution >= 0.6 is 0 Å². The van der Waals surface area contributed by atoms with Crippen LogP contribution in [0.3, 0.4) is 0 Å². The van der Waals surface area contributed by atoms with E-state index in [9.17, 15) is 9.59 Å². The standard InChI is InChI=1S/C14H16N4O2/c1-8-4-5-10(9(2)6-8)14(20)17-11-7-16-18(3)12(11)13(15)19/h4-7H,1-3H3,(H2,15,19)(H,17,20). The van der Waals surface area contributed by atoms with E-state index in [1.165, 1.54) is 10.9 Å². The number of benzene rings is 1. The lowest BCUT2D eigenvalue weighted by Gasteiger charge is -2.08. The van der Waals surface area contributed by atoms with E-state index in [-0.39, 0.29) is 11.6 Å². The van der Waals surface area contributed by atoms with Gasteiger partial charge in [0.2, 0.25) is 0 Å². The lowest BCUT2D eigenvalue weighted by atomic mass is 10.1. The van der Waals surface area contributed by atoms with E-state index < -0.39 is 5.91 Å². The Morgan fingerprint density at radius 1 is 1.30 bits per heavy atom. The number of carbonyl (C=O) groups is 2. The molecule has 2 amide bonds. The van der Waals surface area contributed by atoms with E-state index in [1.54, 1.807) is 13.1 Å². The van der Waals surface area contributed by atoms with Gasteiger partial charge in [0.05, 0.1) is 11.9 Å². The zero-order valence-electron chi connectivity index (χ0n) is 11.6. The molecule has 0 aliphatic rings. The van der Waals surface area contributed by atoms with Crippen molar-refractivity contribution in [3.8, 4) is 0 Å². The second kappa shape index (κ2) is 5.16. The smallest absolute Gasteiger partial charge is 0.269 e. The maximum atomic E-state index is 12.2. The predicted octanol–water partition coefficient (Wildman–Crippen LogP) is 1.39. The van der Waals surface area contributed by atoms with Crippen LogP contribution in [0.1, 0.15) is 32.0 Å². The van der Waals surface area contributed by atoms with E-state index >= 15 is 0 Å². The molecule has 0 aliphatic heterocycles. The molecule has 0 aliphatic carbocycles. The summed E-state index contributed by atoms with van der Waals surface area (Å²) in [7, 11) is 1.59. The van der Waals surface area contributed by atoms with Crippen LogP contribution in [-0.4, -0.2) is 21.6 Å². The van der Waals surface area contributed by atoms with Gasteiger partial charge in [-0.2, -0.15) is 5.10 Å². The van der Waals surface area contributed by atoms with Crippen molar-refractivity contribution in [1.29, 1.82) is 0 Å². The van der Waals surface area contributed by atoms with Crippen LogP contribution in [0.4, 0.5) is 5.69 Å². The van der Waals surface area contributed by atoms with Gasteiger partial charge in [0.1, 0.15) is 5.69 Å². The molecule has 0 fully saturated rings. The molecular formula is C14H16N4O2. The first kappa shape index (κ1) is 13.8. The van der Waals surface area contributed by atoms with Crippen LogP contribution in [0.15, 0.2) is 24.4 Å². The summed E-state index contributed by atoms with van der Waals surface area (Å²) in [5, 5.41) is 6.59. The highest BCUT2D eigenvalue weighted by molar-refractivity contribution is 6.08. The zero-order chi connectivity index (χ0) is 14.9. The van der Waals surface area contributed by atoms with Gasteiger partial charge in [-0.25, -0.2) is 0 Å². The van der Waals surface area contributed by atoms with Gasteiger partial charge in [0, 0.05) is 12.6 Å². The SMILES string of the molecule is Cc1ccc(C(=O)Nc2cnn(C)c2C(N)=O)c(C)c1.